The van der Waals surface area contributed by atoms with E-state index in [4.69, 9.17) is 33.7 Å². The van der Waals surface area contributed by atoms with E-state index in [2.05, 4.69) is 6.07 Å². The van der Waals surface area contributed by atoms with Crippen LogP contribution in [-0.2, 0) is 6.42 Å². The van der Waals surface area contributed by atoms with E-state index in [1.54, 1.807) is 18.2 Å². The van der Waals surface area contributed by atoms with Crippen molar-refractivity contribution in [3.05, 3.63) is 57.6 Å². The van der Waals surface area contributed by atoms with Crippen LogP contribution in [0.3, 0.4) is 0 Å². The standard InChI is InChI=1S/C15H15Cl2NO/c1-10-2-3-11(6-7-18)8-15(10)19-12-4-5-13(16)14(17)9-12/h2-5,8-9H,6-7,18H2,1H3. The van der Waals surface area contributed by atoms with Crippen molar-refractivity contribution in [3.8, 4) is 11.5 Å². The molecule has 0 fully saturated rings. The molecule has 2 rings (SSSR count). The van der Waals surface area contributed by atoms with Gasteiger partial charge < -0.3 is 10.5 Å². The SMILES string of the molecule is Cc1ccc(CCN)cc1Oc1ccc(Cl)c(Cl)c1. The van der Waals surface area contributed by atoms with Crippen LogP contribution in [0, 0.1) is 6.92 Å². The predicted molar refractivity (Wildman–Crippen MR) is 80.5 cm³/mol. The van der Waals surface area contributed by atoms with Crippen molar-refractivity contribution in [3.63, 3.8) is 0 Å². The van der Waals surface area contributed by atoms with Gasteiger partial charge in [-0.05, 0) is 49.2 Å². The zero-order valence-corrected chi connectivity index (χ0v) is 12.1. The number of benzene rings is 2. The number of hydrogen-bond donors (Lipinski definition) is 1. The highest BCUT2D eigenvalue weighted by Crippen LogP contribution is 2.31. The molecular formula is C15H15Cl2NO. The number of rotatable bonds is 4. The monoisotopic (exact) mass is 295 g/mol. The van der Waals surface area contributed by atoms with E-state index >= 15 is 0 Å². The number of nitrogens with two attached hydrogens (primary N) is 1. The molecule has 0 radical (unpaired) electrons. The largest absolute Gasteiger partial charge is 0.457 e. The first-order chi connectivity index (χ1) is 9.10. The summed E-state index contributed by atoms with van der Waals surface area (Å²) < 4.78 is 5.85. The molecule has 0 bridgehead atoms. The average molecular weight is 296 g/mol. The van der Waals surface area contributed by atoms with E-state index in [1.165, 1.54) is 0 Å². The van der Waals surface area contributed by atoms with Gasteiger partial charge in [0.2, 0.25) is 0 Å². The van der Waals surface area contributed by atoms with Gasteiger partial charge in [-0.3, -0.25) is 0 Å². The van der Waals surface area contributed by atoms with E-state index in [0.717, 1.165) is 23.3 Å². The van der Waals surface area contributed by atoms with Crippen LogP contribution in [-0.4, -0.2) is 6.54 Å². The topological polar surface area (TPSA) is 35.2 Å². The van der Waals surface area contributed by atoms with Crippen LogP contribution in [0.15, 0.2) is 36.4 Å². The molecule has 100 valence electrons. The van der Waals surface area contributed by atoms with Gasteiger partial charge in [0.1, 0.15) is 11.5 Å². The predicted octanol–water partition coefficient (Wildman–Crippen LogP) is 4.60. The maximum Gasteiger partial charge on any atom is 0.130 e. The van der Waals surface area contributed by atoms with Gasteiger partial charge in [0.05, 0.1) is 10.0 Å². The molecule has 4 heteroatoms. The average Bonchev–Trinajstić information content (AvgIpc) is 2.38. The minimum Gasteiger partial charge on any atom is -0.457 e. The van der Waals surface area contributed by atoms with Crippen molar-refractivity contribution in [2.45, 2.75) is 13.3 Å². The third-order valence-electron chi connectivity index (χ3n) is 2.80. The maximum atomic E-state index is 5.97. The number of halogens is 2. The van der Waals surface area contributed by atoms with Crippen molar-refractivity contribution < 1.29 is 4.74 Å². The molecule has 0 atom stereocenters. The molecule has 0 aliphatic rings. The summed E-state index contributed by atoms with van der Waals surface area (Å²) in [7, 11) is 0. The summed E-state index contributed by atoms with van der Waals surface area (Å²) in [6.07, 6.45) is 0.831. The third kappa shape index (κ3) is 3.63. The molecule has 0 spiro atoms. The molecule has 2 aromatic carbocycles. The molecule has 0 aliphatic heterocycles. The van der Waals surface area contributed by atoms with Crippen LogP contribution >= 0.6 is 23.2 Å². The van der Waals surface area contributed by atoms with E-state index in [9.17, 15) is 0 Å². The summed E-state index contributed by atoms with van der Waals surface area (Å²) in [6.45, 7) is 2.62. The minimum atomic E-state index is 0.481. The fourth-order valence-corrected chi connectivity index (χ4v) is 2.03. The summed E-state index contributed by atoms with van der Waals surface area (Å²) in [6, 6.07) is 11.3. The first-order valence-corrected chi connectivity index (χ1v) is 6.78. The van der Waals surface area contributed by atoms with Crippen molar-refractivity contribution in [2.24, 2.45) is 5.73 Å². The fraction of sp³-hybridized carbons (Fsp3) is 0.200. The van der Waals surface area contributed by atoms with Crippen LogP contribution in [0.5, 0.6) is 11.5 Å². The van der Waals surface area contributed by atoms with Crippen molar-refractivity contribution in [1.82, 2.24) is 0 Å². The van der Waals surface area contributed by atoms with Crippen LogP contribution < -0.4 is 10.5 Å². The van der Waals surface area contributed by atoms with Crippen molar-refractivity contribution >= 4 is 23.2 Å². The van der Waals surface area contributed by atoms with Gasteiger partial charge in [0.15, 0.2) is 0 Å². The molecule has 0 amide bonds. The summed E-state index contributed by atoms with van der Waals surface area (Å²) in [4.78, 5) is 0. The molecular weight excluding hydrogens is 281 g/mol. The lowest BCUT2D eigenvalue weighted by molar-refractivity contribution is 0.478. The van der Waals surface area contributed by atoms with Gasteiger partial charge in [0, 0.05) is 6.07 Å². The van der Waals surface area contributed by atoms with E-state index < -0.39 is 0 Å². The summed E-state index contributed by atoms with van der Waals surface area (Å²) in [5.74, 6) is 1.48. The lowest BCUT2D eigenvalue weighted by atomic mass is 10.1. The molecule has 19 heavy (non-hydrogen) atoms. The molecule has 2 N–H and O–H groups in total. The molecule has 0 aliphatic carbocycles. The second-order valence-electron chi connectivity index (χ2n) is 4.32. The summed E-state index contributed by atoms with van der Waals surface area (Å²) in [5.41, 5.74) is 7.78. The second kappa shape index (κ2) is 6.29. The van der Waals surface area contributed by atoms with E-state index in [1.807, 2.05) is 19.1 Å². The Labute approximate surface area is 123 Å². The Morgan fingerprint density at radius 2 is 1.84 bits per heavy atom. The maximum absolute atomic E-state index is 5.97. The fourth-order valence-electron chi connectivity index (χ4n) is 1.74. The Hall–Kier alpha value is -1.22. The van der Waals surface area contributed by atoms with E-state index in [0.29, 0.717) is 22.3 Å². The quantitative estimate of drug-likeness (QED) is 0.895. The normalized spacial score (nSPS) is 10.5. The Kier molecular flexibility index (Phi) is 4.70. The highest BCUT2D eigenvalue weighted by atomic mass is 35.5. The molecule has 0 heterocycles. The van der Waals surface area contributed by atoms with Gasteiger partial charge >= 0.3 is 0 Å². The number of aryl methyl sites for hydroxylation is 1. The Balaban J connectivity index is 2.26. The summed E-state index contributed by atoms with van der Waals surface area (Å²) in [5, 5.41) is 0.998. The Morgan fingerprint density at radius 3 is 2.53 bits per heavy atom. The van der Waals surface area contributed by atoms with E-state index in [-0.39, 0.29) is 0 Å². The molecule has 0 saturated heterocycles. The molecule has 2 aromatic rings. The van der Waals surface area contributed by atoms with Gasteiger partial charge in [-0.25, -0.2) is 0 Å². The second-order valence-corrected chi connectivity index (χ2v) is 5.13. The Bertz CT molecular complexity index is 584. The molecule has 2 nitrogen and oxygen atoms in total. The minimum absolute atomic E-state index is 0.481. The zero-order chi connectivity index (χ0) is 13.8. The van der Waals surface area contributed by atoms with Gasteiger partial charge in [-0.15, -0.1) is 0 Å². The van der Waals surface area contributed by atoms with Crippen LogP contribution in [0.4, 0.5) is 0 Å². The first kappa shape index (κ1) is 14.2. The summed E-state index contributed by atoms with van der Waals surface area (Å²) >= 11 is 11.9. The van der Waals surface area contributed by atoms with Gasteiger partial charge in [-0.1, -0.05) is 35.3 Å². The highest BCUT2D eigenvalue weighted by Gasteiger charge is 2.05. The number of ether oxygens (including phenoxy) is 1. The highest BCUT2D eigenvalue weighted by molar-refractivity contribution is 6.42. The molecule has 0 aromatic heterocycles. The third-order valence-corrected chi connectivity index (χ3v) is 3.54. The lowest BCUT2D eigenvalue weighted by Crippen LogP contribution is -2.02. The van der Waals surface area contributed by atoms with Crippen LogP contribution in [0.25, 0.3) is 0 Å². The van der Waals surface area contributed by atoms with Crippen molar-refractivity contribution in [1.29, 1.82) is 0 Å². The van der Waals surface area contributed by atoms with Crippen LogP contribution in [0.1, 0.15) is 11.1 Å². The van der Waals surface area contributed by atoms with Crippen LogP contribution in [0.2, 0.25) is 10.0 Å². The Morgan fingerprint density at radius 1 is 1.05 bits per heavy atom. The zero-order valence-electron chi connectivity index (χ0n) is 10.6. The smallest absolute Gasteiger partial charge is 0.130 e. The lowest BCUT2D eigenvalue weighted by Gasteiger charge is -2.11. The van der Waals surface area contributed by atoms with Gasteiger partial charge in [0.25, 0.3) is 0 Å². The van der Waals surface area contributed by atoms with Crippen molar-refractivity contribution in [2.75, 3.05) is 6.54 Å². The van der Waals surface area contributed by atoms with Gasteiger partial charge in [-0.2, -0.15) is 0 Å². The first-order valence-electron chi connectivity index (χ1n) is 6.02. The molecule has 0 unspecified atom stereocenters. The molecule has 0 saturated carbocycles. The number of hydrogen-bond acceptors (Lipinski definition) is 2.